The van der Waals surface area contributed by atoms with Gasteiger partial charge in [-0.3, -0.25) is 0 Å². The van der Waals surface area contributed by atoms with E-state index in [9.17, 15) is 0 Å². The van der Waals surface area contributed by atoms with Gasteiger partial charge in [0.05, 0.1) is 0 Å². The van der Waals surface area contributed by atoms with Gasteiger partial charge in [-0.25, -0.2) is 0 Å². The molecule has 0 aliphatic carbocycles. The van der Waals surface area contributed by atoms with Gasteiger partial charge in [0.25, 0.3) is 0 Å². The average molecular weight is 157 g/mol. The van der Waals surface area contributed by atoms with Crippen LogP contribution in [0.5, 0.6) is 0 Å². The van der Waals surface area contributed by atoms with Gasteiger partial charge in [-0.15, -0.1) is 0 Å². The first-order chi connectivity index (χ1) is 5.31. The summed E-state index contributed by atoms with van der Waals surface area (Å²) in [5.41, 5.74) is 5.41. The number of rotatable bonds is 6. The highest BCUT2D eigenvalue weighted by atomic mass is 15.1. The monoisotopic (exact) mass is 157 g/mol. The Kier molecular flexibility index (Phi) is 6.89. The van der Waals surface area contributed by atoms with E-state index < -0.39 is 0 Å². The van der Waals surface area contributed by atoms with E-state index in [4.69, 9.17) is 11.6 Å². The summed E-state index contributed by atoms with van der Waals surface area (Å²) in [5.74, 6) is 5.55. The van der Waals surface area contributed by atoms with Gasteiger partial charge in [-0.2, -0.15) is 5.10 Å². The minimum Gasteiger partial charge on any atom is -0.386 e. The largest absolute Gasteiger partial charge is 0.386 e. The number of hydrogen-bond donors (Lipinski definition) is 2. The topological polar surface area (TPSA) is 64.4 Å². The first kappa shape index (κ1) is 10.3. The van der Waals surface area contributed by atoms with E-state index in [1.807, 2.05) is 0 Å². The molecule has 0 aliphatic heterocycles. The van der Waals surface area contributed by atoms with E-state index in [-0.39, 0.29) is 0 Å². The summed E-state index contributed by atoms with van der Waals surface area (Å²) in [6, 6.07) is 0. The summed E-state index contributed by atoms with van der Waals surface area (Å²) < 4.78 is 0. The Morgan fingerprint density at radius 1 is 1.18 bits per heavy atom. The minimum absolute atomic E-state index is 0.571. The molecule has 0 radical (unpaired) electrons. The predicted molar refractivity (Wildman–Crippen MR) is 49.2 cm³/mol. The van der Waals surface area contributed by atoms with Crippen molar-refractivity contribution in [3.05, 3.63) is 0 Å². The van der Waals surface area contributed by atoms with Crippen LogP contribution < -0.4 is 11.6 Å². The van der Waals surface area contributed by atoms with Crippen molar-refractivity contribution in [1.82, 2.24) is 0 Å². The lowest BCUT2D eigenvalue weighted by atomic mass is 10.1. The van der Waals surface area contributed by atoms with Crippen LogP contribution in [0.2, 0.25) is 0 Å². The summed E-state index contributed by atoms with van der Waals surface area (Å²) in [4.78, 5) is 0. The van der Waals surface area contributed by atoms with Gasteiger partial charge in [0.15, 0.2) is 0 Å². The molecule has 0 fully saturated rings. The smallest absolute Gasteiger partial charge is 0.119 e. The van der Waals surface area contributed by atoms with Crippen LogP contribution in [0, 0.1) is 0 Å². The molecule has 0 unspecified atom stereocenters. The highest BCUT2D eigenvalue weighted by molar-refractivity contribution is 5.79. The standard InChI is InChI=1S/C8H19N3/c1-2-3-4-5-6-7-8(9)11-10/h2-7,10H2,1H3,(H2,9,11). The van der Waals surface area contributed by atoms with Crippen molar-refractivity contribution in [3.63, 3.8) is 0 Å². The quantitative estimate of drug-likeness (QED) is 0.202. The lowest BCUT2D eigenvalue weighted by Crippen LogP contribution is -2.13. The lowest BCUT2D eigenvalue weighted by Gasteiger charge is -1.98. The Morgan fingerprint density at radius 3 is 2.36 bits per heavy atom. The molecule has 0 aromatic heterocycles. The maximum atomic E-state index is 5.41. The molecule has 4 N–H and O–H groups in total. The molecule has 0 rings (SSSR count). The van der Waals surface area contributed by atoms with E-state index in [2.05, 4.69) is 12.0 Å². The molecule has 0 saturated carbocycles. The molecule has 0 aromatic carbocycles. The van der Waals surface area contributed by atoms with Crippen LogP contribution >= 0.6 is 0 Å². The molecule has 0 heterocycles. The van der Waals surface area contributed by atoms with Gasteiger partial charge in [0, 0.05) is 6.42 Å². The minimum atomic E-state index is 0.571. The average Bonchev–Trinajstić information content (AvgIpc) is 2.04. The Labute approximate surface area is 68.8 Å². The Bertz CT molecular complexity index is 110. The fourth-order valence-corrected chi connectivity index (χ4v) is 0.974. The first-order valence-electron chi connectivity index (χ1n) is 4.33. The van der Waals surface area contributed by atoms with Gasteiger partial charge >= 0.3 is 0 Å². The van der Waals surface area contributed by atoms with Crippen molar-refractivity contribution in [2.45, 2.75) is 45.4 Å². The van der Waals surface area contributed by atoms with Gasteiger partial charge in [0.1, 0.15) is 5.84 Å². The number of hydrazone groups is 1. The molecule has 0 saturated heterocycles. The van der Waals surface area contributed by atoms with Crippen LogP contribution in [0.3, 0.4) is 0 Å². The number of nitrogens with zero attached hydrogens (tertiary/aromatic N) is 1. The molecule has 11 heavy (non-hydrogen) atoms. The Balaban J connectivity index is 3.02. The van der Waals surface area contributed by atoms with Gasteiger partial charge in [-0.1, -0.05) is 32.6 Å². The van der Waals surface area contributed by atoms with Gasteiger partial charge < -0.3 is 11.6 Å². The summed E-state index contributed by atoms with van der Waals surface area (Å²) in [6.07, 6.45) is 7.10. The van der Waals surface area contributed by atoms with Crippen LogP contribution in [-0.4, -0.2) is 5.84 Å². The molecule has 0 aromatic rings. The van der Waals surface area contributed by atoms with Crippen molar-refractivity contribution < 1.29 is 0 Å². The summed E-state index contributed by atoms with van der Waals surface area (Å²) in [7, 11) is 0. The van der Waals surface area contributed by atoms with E-state index in [0.29, 0.717) is 5.84 Å². The highest BCUT2D eigenvalue weighted by Crippen LogP contribution is 2.04. The number of amidine groups is 1. The summed E-state index contributed by atoms with van der Waals surface area (Å²) in [5, 5.41) is 3.40. The molecule has 0 aliphatic rings. The third-order valence-corrected chi connectivity index (χ3v) is 1.70. The highest BCUT2D eigenvalue weighted by Gasteiger charge is 1.91. The molecular formula is C8H19N3. The Hall–Kier alpha value is -0.730. The van der Waals surface area contributed by atoms with Gasteiger partial charge in [0.2, 0.25) is 0 Å². The van der Waals surface area contributed by atoms with Crippen molar-refractivity contribution in [1.29, 1.82) is 0 Å². The SMILES string of the molecule is CCCCCCCC(N)=NN. The second-order valence-electron chi connectivity index (χ2n) is 2.78. The van der Waals surface area contributed by atoms with Crippen molar-refractivity contribution in [3.8, 4) is 0 Å². The van der Waals surface area contributed by atoms with Crippen molar-refractivity contribution in [2.24, 2.45) is 16.7 Å². The van der Waals surface area contributed by atoms with Crippen molar-refractivity contribution >= 4 is 5.84 Å². The maximum absolute atomic E-state index is 5.41. The zero-order chi connectivity index (χ0) is 8.53. The van der Waals surface area contributed by atoms with Crippen LogP contribution in [-0.2, 0) is 0 Å². The predicted octanol–water partition coefficient (Wildman–Crippen LogP) is 1.58. The van der Waals surface area contributed by atoms with Crippen molar-refractivity contribution in [2.75, 3.05) is 0 Å². The number of hydrogen-bond acceptors (Lipinski definition) is 2. The summed E-state index contributed by atoms with van der Waals surface area (Å²) in [6.45, 7) is 2.20. The van der Waals surface area contributed by atoms with Crippen LogP contribution in [0.15, 0.2) is 5.10 Å². The van der Waals surface area contributed by atoms with E-state index in [1.54, 1.807) is 0 Å². The van der Waals surface area contributed by atoms with E-state index in [1.165, 1.54) is 25.7 Å². The van der Waals surface area contributed by atoms with E-state index >= 15 is 0 Å². The number of nitrogens with two attached hydrogens (primary N) is 2. The van der Waals surface area contributed by atoms with Crippen LogP contribution in [0.25, 0.3) is 0 Å². The third-order valence-electron chi connectivity index (χ3n) is 1.70. The molecule has 0 spiro atoms. The fraction of sp³-hybridized carbons (Fsp3) is 0.875. The molecule has 0 atom stereocenters. The van der Waals surface area contributed by atoms with Crippen LogP contribution in [0.1, 0.15) is 45.4 Å². The number of unbranched alkanes of at least 4 members (excludes halogenated alkanes) is 4. The Morgan fingerprint density at radius 2 is 1.82 bits per heavy atom. The first-order valence-corrected chi connectivity index (χ1v) is 4.33. The molecule has 3 nitrogen and oxygen atoms in total. The molecule has 3 heteroatoms. The van der Waals surface area contributed by atoms with Crippen LogP contribution in [0.4, 0.5) is 0 Å². The maximum Gasteiger partial charge on any atom is 0.119 e. The summed E-state index contributed by atoms with van der Waals surface area (Å²) >= 11 is 0. The van der Waals surface area contributed by atoms with Gasteiger partial charge in [-0.05, 0) is 6.42 Å². The zero-order valence-corrected chi connectivity index (χ0v) is 7.34. The molecule has 0 amide bonds. The second kappa shape index (κ2) is 7.38. The molecule has 66 valence electrons. The fourth-order valence-electron chi connectivity index (χ4n) is 0.974. The third kappa shape index (κ3) is 7.16. The normalized spacial score (nSPS) is 11.9. The zero-order valence-electron chi connectivity index (χ0n) is 7.34. The van der Waals surface area contributed by atoms with E-state index in [0.717, 1.165) is 12.8 Å². The molecular weight excluding hydrogens is 138 g/mol. The second-order valence-corrected chi connectivity index (χ2v) is 2.78. The molecule has 0 bridgehead atoms. The lowest BCUT2D eigenvalue weighted by molar-refractivity contribution is 0.642.